The Morgan fingerprint density at radius 1 is 1.60 bits per heavy atom. The number of anilines is 1. The van der Waals surface area contributed by atoms with E-state index in [0.29, 0.717) is 4.68 Å². The van der Waals surface area contributed by atoms with Crippen LogP contribution in [0.4, 0.5) is 10.6 Å². The number of nitriles is 1. The Balaban J connectivity index is 3.67. The first-order chi connectivity index (χ1) is 6.79. The molecule has 0 atom stereocenters. The lowest BCUT2D eigenvalue weighted by atomic mass is 10.4. The molecule has 1 aromatic heterocycles. The Kier molecular flexibility index (Phi) is 2.38. The lowest BCUT2D eigenvalue weighted by Crippen LogP contribution is -2.22. The molecule has 0 aliphatic rings. The first-order valence-corrected chi connectivity index (χ1v) is 5.46. The van der Waals surface area contributed by atoms with Crippen LogP contribution >= 0.6 is 0 Å². The molecule has 1 rings (SSSR count). The van der Waals surface area contributed by atoms with Gasteiger partial charge in [0.2, 0.25) is 0 Å². The van der Waals surface area contributed by atoms with E-state index in [1.165, 1.54) is 6.07 Å². The molecule has 0 aliphatic heterocycles. The van der Waals surface area contributed by atoms with Crippen LogP contribution in [-0.4, -0.2) is 30.5 Å². The molecule has 1 heterocycles. The topological polar surface area (TPSA) is 145 Å². The molecule has 8 nitrogen and oxygen atoms in total. The highest BCUT2D eigenvalue weighted by molar-refractivity contribution is 7.91. The Hall–Kier alpha value is -2.08. The second-order valence-corrected chi connectivity index (χ2v) is 4.65. The fourth-order valence-electron chi connectivity index (χ4n) is 1.02. The smallest absolute Gasteiger partial charge is 0.341 e. The van der Waals surface area contributed by atoms with E-state index in [1.54, 1.807) is 0 Å². The fraction of sp³-hybridized carbons (Fsp3) is 0.167. The minimum Gasteiger partial charge on any atom is -0.382 e. The minimum absolute atomic E-state index is 0.450. The lowest BCUT2D eigenvalue weighted by molar-refractivity contribution is 0.248. The Labute approximate surface area is 85.0 Å². The van der Waals surface area contributed by atoms with E-state index in [0.717, 1.165) is 6.26 Å². The maximum Gasteiger partial charge on any atom is 0.341 e. The summed E-state index contributed by atoms with van der Waals surface area (Å²) in [5, 5.41) is 12.0. The van der Waals surface area contributed by atoms with E-state index < -0.39 is 32.3 Å². The zero-order valence-electron chi connectivity index (χ0n) is 7.63. The number of sulfone groups is 1. The highest BCUT2D eigenvalue weighted by Gasteiger charge is 2.25. The van der Waals surface area contributed by atoms with Gasteiger partial charge in [0.05, 0.1) is 0 Å². The second kappa shape index (κ2) is 3.25. The summed E-state index contributed by atoms with van der Waals surface area (Å²) >= 11 is 0. The van der Waals surface area contributed by atoms with E-state index in [9.17, 15) is 13.2 Å². The summed E-state index contributed by atoms with van der Waals surface area (Å²) in [6.45, 7) is 0. The van der Waals surface area contributed by atoms with Gasteiger partial charge in [0, 0.05) is 6.26 Å². The molecular formula is C6H7N5O3S. The predicted octanol–water partition coefficient (Wildman–Crippen LogP) is -1.33. The molecule has 0 aromatic carbocycles. The average Bonchev–Trinajstić information content (AvgIpc) is 2.41. The van der Waals surface area contributed by atoms with Crippen molar-refractivity contribution in [2.24, 2.45) is 5.73 Å². The van der Waals surface area contributed by atoms with Crippen molar-refractivity contribution in [1.29, 1.82) is 5.26 Å². The standard InChI is InChI=1S/C6H7N5O3S/c1-15(13,14)4-3(2-7)10-11(5(4)8)6(9)12/h8H2,1H3,(H2,9,12). The van der Waals surface area contributed by atoms with E-state index in [-0.39, 0.29) is 0 Å². The summed E-state index contributed by atoms with van der Waals surface area (Å²) in [6.07, 6.45) is 0.854. The number of nitrogens with zero attached hydrogens (tertiary/aromatic N) is 3. The molecule has 0 aliphatic carbocycles. The van der Waals surface area contributed by atoms with Crippen molar-refractivity contribution in [2.45, 2.75) is 4.90 Å². The number of primary amides is 1. The zero-order valence-corrected chi connectivity index (χ0v) is 8.45. The number of carbonyl (C=O) groups is 1. The molecule has 80 valence electrons. The number of nitrogen functional groups attached to an aromatic ring is 1. The van der Waals surface area contributed by atoms with Crippen LogP contribution in [0.2, 0.25) is 0 Å². The van der Waals surface area contributed by atoms with E-state index in [2.05, 4.69) is 5.10 Å². The van der Waals surface area contributed by atoms with Crippen LogP contribution < -0.4 is 11.5 Å². The van der Waals surface area contributed by atoms with Crippen LogP contribution in [0.3, 0.4) is 0 Å². The maximum absolute atomic E-state index is 11.2. The molecule has 0 radical (unpaired) electrons. The summed E-state index contributed by atoms with van der Waals surface area (Å²) < 4.78 is 22.9. The van der Waals surface area contributed by atoms with Crippen molar-refractivity contribution in [2.75, 3.05) is 12.0 Å². The van der Waals surface area contributed by atoms with Crippen molar-refractivity contribution >= 4 is 21.7 Å². The Bertz CT molecular complexity index is 564. The van der Waals surface area contributed by atoms with Gasteiger partial charge < -0.3 is 11.5 Å². The number of carbonyl (C=O) groups excluding carboxylic acids is 1. The fourth-order valence-corrected chi connectivity index (χ4v) is 1.93. The molecule has 0 bridgehead atoms. The first kappa shape index (κ1) is 11.0. The number of nitrogens with two attached hydrogens (primary N) is 2. The monoisotopic (exact) mass is 229 g/mol. The molecule has 15 heavy (non-hydrogen) atoms. The summed E-state index contributed by atoms with van der Waals surface area (Å²) in [4.78, 5) is 10.3. The van der Waals surface area contributed by atoms with Gasteiger partial charge in [-0.2, -0.15) is 9.94 Å². The van der Waals surface area contributed by atoms with Crippen molar-refractivity contribution in [3.05, 3.63) is 5.69 Å². The number of amides is 1. The van der Waals surface area contributed by atoms with Gasteiger partial charge in [0.15, 0.2) is 21.3 Å². The van der Waals surface area contributed by atoms with Gasteiger partial charge in [-0.3, -0.25) is 0 Å². The number of hydrogen-bond donors (Lipinski definition) is 2. The SMILES string of the molecule is CS(=O)(=O)c1c(C#N)nn(C(N)=O)c1N. The molecule has 0 saturated carbocycles. The largest absolute Gasteiger partial charge is 0.382 e. The van der Waals surface area contributed by atoms with Crippen molar-refractivity contribution in [3.8, 4) is 6.07 Å². The van der Waals surface area contributed by atoms with Gasteiger partial charge in [-0.15, -0.1) is 5.10 Å². The van der Waals surface area contributed by atoms with Crippen LogP contribution in [0.15, 0.2) is 4.90 Å². The lowest BCUT2D eigenvalue weighted by Gasteiger charge is -1.97. The van der Waals surface area contributed by atoms with E-state index >= 15 is 0 Å². The number of rotatable bonds is 1. The second-order valence-electron chi connectivity index (χ2n) is 2.70. The molecule has 0 spiro atoms. The minimum atomic E-state index is -3.73. The highest BCUT2D eigenvalue weighted by Crippen LogP contribution is 2.21. The molecule has 1 aromatic rings. The Morgan fingerprint density at radius 3 is 2.40 bits per heavy atom. The summed E-state index contributed by atoms with van der Waals surface area (Å²) in [5.41, 5.74) is 9.76. The number of hydrogen-bond acceptors (Lipinski definition) is 6. The molecule has 0 unspecified atom stereocenters. The third kappa shape index (κ3) is 1.75. The van der Waals surface area contributed by atoms with Gasteiger partial charge in [-0.25, -0.2) is 13.2 Å². The normalized spacial score (nSPS) is 10.9. The van der Waals surface area contributed by atoms with Crippen LogP contribution in [0.5, 0.6) is 0 Å². The molecule has 4 N–H and O–H groups in total. The van der Waals surface area contributed by atoms with Crippen molar-refractivity contribution in [3.63, 3.8) is 0 Å². The van der Waals surface area contributed by atoms with E-state index in [1.807, 2.05) is 0 Å². The van der Waals surface area contributed by atoms with Gasteiger partial charge >= 0.3 is 6.03 Å². The van der Waals surface area contributed by atoms with Gasteiger partial charge in [0.1, 0.15) is 11.0 Å². The summed E-state index contributed by atoms with van der Waals surface area (Å²) in [5.74, 6) is -0.457. The number of aromatic nitrogens is 2. The van der Waals surface area contributed by atoms with Crippen LogP contribution in [0.1, 0.15) is 5.69 Å². The van der Waals surface area contributed by atoms with Crippen LogP contribution in [-0.2, 0) is 9.84 Å². The average molecular weight is 229 g/mol. The summed E-state index contributed by atoms with van der Waals surface area (Å²) in [6, 6.07) is 0.463. The molecule has 1 amide bonds. The van der Waals surface area contributed by atoms with Crippen molar-refractivity contribution < 1.29 is 13.2 Å². The van der Waals surface area contributed by atoms with Crippen molar-refractivity contribution in [1.82, 2.24) is 9.78 Å². The van der Waals surface area contributed by atoms with Crippen LogP contribution in [0.25, 0.3) is 0 Å². The molecular weight excluding hydrogens is 222 g/mol. The first-order valence-electron chi connectivity index (χ1n) is 3.57. The van der Waals surface area contributed by atoms with E-state index in [4.69, 9.17) is 16.7 Å². The molecule has 9 heteroatoms. The summed E-state index contributed by atoms with van der Waals surface area (Å²) in [7, 11) is -3.73. The third-order valence-electron chi connectivity index (χ3n) is 1.56. The molecule has 0 saturated heterocycles. The predicted molar refractivity (Wildman–Crippen MR) is 49.4 cm³/mol. The van der Waals surface area contributed by atoms with Gasteiger partial charge in [-0.05, 0) is 0 Å². The quantitative estimate of drug-likeness (QED) is 0.610. The molecule has 0 fully saturated rings. The van der Waals surface area contributed by atoms with Gasteiger partial charge in [0.25, 0.3) is 0 Å². The third-order valence-corrected chi connectivity index (χ3v) is 2.71. The maximum atomic E-state index is 11.2. The Morgan fingerprint density at radius 2 is 2.13 bits per heavy atom. The zero-order chi connectivity index (χ0) is 11.8. The van der Waals surface area contributed by atoms with Gasteiger partial charge in [-0.1, -0.05) is 0 Å². The van der Waals surface area contributed by atoms with Crippen LogP contribution in [0, 0.1) is 11.3 Å². The highest BCUT2D eigenvalue weighted by atomic mass is 32.2.